The zero-order valence-electron chi connectivity index (χ0n) is 17.8. The van der Waals surface area contributed by atoms with Gasteiger partial charge in [-0.05, 0) is 63.5 Å². The van der Waals surface area contributed by atoms with E-state index in [1.54, 1.807) is 12.4 Å². The van der Waals surface area contributed by atoms with Gasteiger partial charge in [-0.15, -0.1) is 0 Å². The fourth-order valence-corrected chi connectivity index (χ4v) is 3.98. The van der Waals surface area contributed by atoms with E-state index in [9.17, 15) is 0 Å². The molecule has 0 saturated carbocycles. The van der Waals surface area contributed by atoms with Crippen molar-refractivity contribution in [2.75, 3.05) is 0 Å². The molecular weight excluding hydrogens is 391 g/mol. The maximum absolute atomic E-state index is 6.22. The van der Waals surface area contributed by atoms with Gasteiger partial charge in [0.25, 0.3) is 0 Å². The number of furan rings is 1. The smallest absolute Gasteiger partial charge is 0.452 e. The van der Waals surface area contributed by atoms with Crippen LogP contribution in [0.5, 0.6) is 0 Å². The molecule has 0 spiro atoms. The minimum absolute atomic E-state index is 0.388. The van der Waals surface area contributed by atoms with E-state index >= 15 is 0 Å². The summed E-state index contributed by atoms with van der Waals surface area (Å²) in [5.41, 5.74) is 3.92. The predicted molar refractivity (Wildman–Crippen MR) is 120 cm³/mol. The van der Waals surface area contributed by atoms with Crippen LogP contribution in [-0.2, 0) is 9.31 Å². The number of hydrogen-bond donors (Lipinski definition) is 0. The van der Waals surface area contributed by atoms with Crippen molar-refractivity contribution in [1.82, 2.24) is 9.97 Å². The topological polar surface area (TPSA) is 70.5 Å². The second kappa shape index (κ2) is 6.18. The second-order valence-corrected chi connectivity index (χ2v) is 8.99. The van der Waals surface area contributed by atoms with Crippen LogP contribution in [0.4, 0.5) is 0 Å². The first kappa shape index (κ1) is 18.6. The predicted octanol–water partition coefficient (Wildman–Crippen LogP) is 5.09. The van der Waals surface area contributed by atoms with Crippen LogP contribution in [0.15, 0.2) is 63.7 Å². The normalized spacial score (nSPS) is 17.9. The van der Waals surface area contributed by atoms with Crippen molar-refractivity contribution in [1.29, 1.82) is 0 Å². The average Bonchev–Trinajstić information content (AvgIpc) is 3.39. The molecule has 0 N–H and O–H groups in total. The molecule has 0 bridgehead atoms. The Hall–Kier alpha value is -3.16. The van der Waals surface area contributed by atoms with Gasteiger partial charge in [0.15, 0.2) is 11.2 Å². The molecule has 0 unspecified atom stereocenters. The van der Waals surface area contributed by atoms with Crippen molar-refractivity contribution >= 4 is 45.6 Å². The van der Waals surface area contributed by atoms with Crippen LogP contribution in [0.1, 0.15) is 27.7 Å². The summed E-state index contributed by atoms with van der Waals surface area (Å²) >= 11 is 0. The third-order valence-corrected chi connectivity index (χ3v) is 6.47. The Morgan fingerprint density at radius 1 is 0.774 bits per heavy atom. The Morgan fingerprint density at radius 2 is 1.52 bits per heavy atom. The molecule has 5 aromatic rings. The molecular formula is C24H21BN2O4. The Morgan fingerprint density at radius 3 is 2.26 bits per heavy atom. The van der Waals surface area contributed by atoms with Gasteiger partial charge < -0.3 is 18.1 Å². The molecule has 1 aliphatic heterocycles. The van der Waals surface area contributed by atoms with Gasteiger partial charge in [-0.3, -0.25) is 4.98 Å². The number of rotatable bonds is 2. The van der Waals surface area contributed by atoms with Gasteiger partial charge in [-0.25, -0.2) is 4.98 Å². The first-order valence-corrected chi connectivity index (χ1v) is 10.3. The Labute approximate surface area is 179 Å². The molecule has 1 saturated heterocycles. The SMILES string of the molecule is CC1(C)OB(c2ccc3oc4c(ccc5nc(-c6ccncc6)oc54)c3c2)OC1(C)C. The lowest BCUT2D eigenvalue weighted by molar-refractivity contribution is 0.00578. The van der Waals surface area contributed by atoms with Gasteiger partial charge in [0.1, 0.15) is 11.1 Å². The highest BCUT2D eigenvalue weighted by molar-refractivity contribution is 6.62. The maximum atomic E-state index is 6.22. The molecule has 154 valence electrons. The fraction of sp³-hybridized carbons (Fsp3) is 0.250. The number of fused-ring (bicyclic) bond motifs is 5. The standard InChI is InChI=1S/C24H21BN2O4/c1-23(2)24(3,4)31-25(30-23)15-5-8-19-17(13-15)16-6-7-18-21(20(16)28-19)29-22(27-18)14-9-11-26-12-10-14/h5-13H,1-4H3. The molecule has 0 amide bonds. The van der Waals surface area contributed by atoms with Crippen LogP contribution < -0.4 is 5.46 Å². The van der Waals surface area contributed by atoms with Crippen LogP contribution in [0.2, 0.25) is 0 Å². The average molecular weight is 412 g/mol. The Kier molecular flexibility index (Phi) is 3.71. The van der Waals surface area contributed by atoms with Crippen molar-refractivity contribution in [3.8, 4) is 11.5 Å². The molecule has 1 fully saturated rings. The lowest BCUT2D eigenvalue weighted by Crippen LogP contribution is -2.41. The van der Waals surface area contributed by atoms with Gasteiger partial charge in [0.2, 0.25) is 5.89 Å². The fourth-order valence-electron chi connectivity index (χ4n) is 3.98. The largest absolute Gasteiger partial charge is 0.494 e. The van der Waals surface area contributed by atoms with Crippen LogP contribution in [0, 0.1) is 0 Å². The molecule has 31 heavy (non-hydrogen) atoms. The number of hydrogen-bond acceptors (Lipinski definition) is 6. The number of aromatic nitrogens is 2. The molecule has 1 aliphatic rings. The monoisotopic (exact) mass is 412 g/mol. The number of benzene rings is 2. The minimum Gasteiger partial charge on any atom is -0.452 e. The van der Waals surface area contributed by atoms with Crippen molar-refractivity contribution in [3.05, 3.63) is 54.9 Å². The third kappa shape index (κ3) is 2.73. The summed E-state index contributed by atoms with van der Waals surface area (Å²) in [6.07, 6.45) is 3.44. The number of pyridine rings is 1. The van der Waals surface area contributed by atoms with E-state index < -0.39 is 7.12 Å². The van der Waals surface area contributed by atoms with E-state index in [-0.39, 0.29) is 11.2 Å². The summed E-state index contributed by atoms with van der Waals surface area (Å²) in [7, 11) is -0.424. The van der Waals surface area contributed by atoms with E-state index in [4.69, 9.17) is 18.1 Å². The molecule has 0 aliphatic carbocycles. The molecule has 6 rings (SSSR count). The first-order chi connectivity index (χ1) is 14.8. The lowest BCUT2D eigenvalue weighted by Gasteiger charge is -2.32. The van der Waals surface area contributed by atoms with Gasteiger partial charge in [-0.2, -0.15) is 0 Å². The van der Waals surface area contributed by atoms with Crippen molar-refractivity contribution in [2.45, 2.75) is 38.9 Å². The summed E-state index contributed by atoms with van der Waals surface area (Å²) in [5, 5.41) is 1.96. The quantitative estimate of drug-likeness (QED) is 0.376. The van der Waals surface area contributed by atoms with E-state index in [2.05, 4.69) is 43.7 Å². The first-order valence-electron chi connectivity index (χ1n) is 10.3. The van der Waals surface area contributed by atoms with E-state index in [1.807, 2.05) is 36.4 Å². The van der Waals surface area contributed by atoms with E-state index in [0.29, 0.717) is 17.1 Å². The highest BCUT2D eigenvalue weighted by Gasteiger charge is 2.51. The zero-order chi connectivity index (χ0) is 21.4. The van der Waals surface area contributed by atoms with Crippen molar-refractivity contribution < 1.29 is 18.1 Å². The van der Waals surface area contributed by atoms with Crippen LogP contribution >= 0.6 is 0 Å². The zero-order valence-corrected chi connectivity index (χ0v) is 17.8. The van der Waals surface area contributed by atoms with Crippen molar-refractivity contribution in [2.24, 2.45) is 0 Å². The molecule has 6 nitrogen and oxygen atoms in total. The molecule has 7 heteroatoms. The van der Waals surface area contributed by atoms with E-state index in [0.717, 1.165) is 32.9 Å². The second-order valence-electron chi connectivity index (χ2n) is 8.99. The van der Waals surface area contributed by atoms with Gasteiger partial charge in [0, 0.05) is 28.7 Å². The van der Waals surface area contributed by atoms with Gasteiger partial charge >= 0.3 is 7.12 Å². The molecule has 3 aromatic heterocycles. The summed E-state index contributed by atoms with van der Waals surface area (Å²) in [6.45, 7) is 8.22. The van der Waals surface area contributed by atoms with Crippen LogP contribution in [-0.4, -0.2) is 28.3 Å². The summed E-state index contributed by atoms with van der Waals surface area (Å²) in [4.78, 5) is 8.68. The third-order valence-electron chi connectivity index (χ3n) is 6.47. The highest BCUT2D eigenvalue weighted by atomic mass is 16.7. The summed E-state index contributed by atoms with van der Waals surface area (Å²) in [5.74, 6) is 0.545. The summed E-state index contributed by atoms with van der Waals surface area (Å²) in [6, 6.07) is 13.8. The van der Waals surface area contributed by atoms with Gasteiger partial charge in [-0.1, -0.05) is 12.1 Å². The molecule has 2 aromatic carbocycles. The number of oxazole rings is 1. The highest BCUT2D eigenvalue weighted by Crippen LogP contribution is 2.38. The molecule has 0 radical (unpaired) electrons. The Bertz CT molecular complexity index is 1440. The Balaban J connectivity index is 1.49. The molecule has 4 heterocycles. The van der Waals surface area contributed by atoms with E-state index in [1.165, 1.54) is 0 Å². The summed E-state index contributed by atoms with van der Waals surface area (Å²) < 4.78 is 24.7. The van der Waals surface area contributed by atoms with Gasteiger partial charge in [0.05, 0.1) is 11.2 Å². The lowest BCUT2D eigenvalue weighted by atomic mass is 9.78. The molecule has 0 atom stereocenters. The minimum atomic E-state index is -0.424. The van der Waals surface area contributed by atoms with Crippen LogP contribution in [0.3, 0.4) is 0 Å². The number of nitrogens with zero attached hydrogens (tertiary/aromatic N) is 2. The maximum Gasteiger partial charge on any atom is 0.494 e. The van der Waals surface area contributed by atoms with Crippen LogP contribution in [0.25, 0.3) is 44.5 Å². The van der Waals surface area contributed by atoms with Crippen molar-refractivity contribution in [3.63, 3.8) is 0 Å².